The van der Waals surface area contributed by atoms with Crippen LogP contribution in [0.5, 0.6) is 0 Å². The first kappa shape index (κ1) is 14.7. The maximum absolute atomic E-state index is 9.61. The van der Waals surface area contributed by atoms with Gasteiger partial charge in [0.15, 0.2) is 0 Å². The average molecular weight is 239 g/mol. The van der Waals surface area contributed by atoms with Crippen LogP contribution in [0.15, 0.2) is 11.6 Å². The monoisotopic (exact) mass is 239 g/mol. The summed E-state index contributed by atoms with van der Waals surface area (Å²) >= 11 is 0. The molecule has 0 aromatic heterocycles. The summed E-state index contributed by atoms with van der Waals surface area (Å²) in [5.74, 6) is 0.685. The lowest BCUT2D eigenvalue weighted by Crippen LogP contribution is -2.34. The van der Waals surface area contributed by atoms with Crippen molar-refractivity contribution >= 4 is 0 Å². The van der Waals surface area contributed by atoms with E-state index < -0.39 is 0 Å². The summed E-state index contributed by atoms with van der Waals surface area (Å²) in [5, 5.41) is 13.2. The number of nitrogens with one attached hydrogen (secondary N) is 1. The van der Waals surface area contributed by atoms with Crippen molar-refractivity contribution in [3.63, 3.8) is 0 Å². The first-order chi connectivity index (χ1) is 8.08. The van der Waals surface area contributed by atoms with E-state index in [0.717, 1.165) is 19.4 Å². The molecule has 3 atom stereocenters. The molecule has 0 amide bonds. The van der Waals surface area contributed by atoms with Crippen LogP contribution in [0, 0.1) is 5.92 Å². The highest BCUT2D eigenvalue weighted by Crippen LogP contribution is 2.23. The lowest BCUT2D eigenvalue weighted by molar-refractivity contribution is 0.0997. The number of aliphatic hydroxyl groups excluding tert-OH is 1. The van der Waals surface area contributed by atoms with E-state index >= 15 is 0 Å². The van der Waals surface area contributed by atoms with Gasteiger partial charge in [0.2, 0.25) is 0 Å². The van der Waals surface area contributed by atoms with E-state index in [1.54, 1.807) is 0 Å². The van der Waals surface area contributed by atoms with Crippen LogP contribution in [0.3, 0.4) is 0 Å². The molecule has 1 aliphatic rings. The molecule has 2 N–H and O–H groups in total. The number of allylic oxidation sites excluding steroid dienone is 2. The first-order valence-electron chi connectivity index (χ1n) is 7.12. The van der Waals surface area contributed by atoms with Crippen LogP contribution in [0.4, 0.5) is 0 Å². The molecule has 0 saturated heterocycles. The molecule has 2 heteroatoms. The smallest absolute Gasteiger partial charge is 0.0543 e. The normalized spacial score (nSPS) is 26.6. The van der Waals surface area contributed by atoms with E-state index in [9.17, 15) is 5.11 Å². The van der Waals surface area contributed by atoms with Crippen molar-refractivity contribution < 1.29 is 5.11 Å². The second-order valence-corrected chi connectivity index (χ2v) is 5.85. The fourth-order valence-corrected chi connectivity index (χ4v) is 2.54. The molecule has 0 bridgehead atoms. The van der Waals surface area contributed by atoms with Gasteiger partial charge in [-0.25, -0.2) is 0 Å². The Morgan fingerprint density at radius 3 is 2.82 bits per heavy atom. The molecule has 2 nitrogen and oxygen atoms in total. The summed E-state index contributed by atoms with van der Waals surface area (Å²) in [7, 11) is 0. The molecule has 1 saturated carbocycles. The van der Waals surface area contributed by atoms with Gasteiger partial charge in [-0.1, -0.05) is 18.1 Å². The fourth-order valence-electron chi connectivity index (χ4n) is 2.54. The molecule has 17 heavy (non-hydrogen) atoms. The van der Waals surface area contributed by atoms with Crippen LogP contribution in [-0.2, 0) is 0 Å². The Bertz CT molecular complexity index is 233. The minimum Gasteiger partial charge on any atom is -0.393 e. The zero-order valence-corrected chi connectivity index (χ0v) is 11.7. The van der Waals surface area contributed by atoms with Gasteiger partial charge in [-0.2, -0.15) is 0 Å². The summed E-state index contributed by atoms with van der Waals surface area (Å²) in [6, 6.07) is 0.588. The fraction of sp³-hybridized carbons (Fsp3) is 0.867. The van der Waals surface area contributed by atoms with Crippen molar-refractivity contribution in [2.24, 2.45) is 5.92 Å². The summed E-state index contributed by atoms with van der Waals surface area (Å²) in [5.41, 5.74) is 1.41. The number of hydrogen-bond donors (Lipinski definition) is 2. The Kier molecular flexibility index (Phi) is 6.83. The zero-order chi connectivity index (χ0) is 12.7. The van der Waals surface area contributed by atoms with Crippen LogP contribution in [0.1, 0.15) is 59.3 Å². The molecule has 0 heterocycles. The van der Waals surface area contributed by atoms with Crippen molar-refractivity contribution in [1.82, 2.24) is 5.32 Å². The van der Waals surface area contributed by atoms with Crippen molar-refractivity contribution in [2.45, 2.75) is 71.4 Å². The minimum absolute atomic E-state index is 0.0449. The molecule has 100 valence electrons. The molecule has 0 spiro atoms. The third kappa shape index (κ3) is 6.85. The van der Waals surface area contributed by atoms with E-state index in [1.807, 2.05) is 0 Å². The Morgan fingerprint density at radius 2 is 2.18 bits per heavy atom. The number of hydrogen-bond acceptors (Lipinski definition) is 2. The van der Waals surface area contributed by atoms with Crippen molar-refractivity contribution in [3.8, 4) is 0 Å². The maximum atomic E-state index is 9.61. The lowest BCUT2D eigenvalue weighted by Gasteiger charge is -2.27. The second kappa shape index (κ2) is 7.88. The van der Waals surface area contributed by atoms with E-state index in [1.165, 1.54) is 31.3 Å². The largest absolute Gasteiger partial charge is 0.393 e. The quantitative estimate of drug-likeness (QED) is 0.697. The molecule has 1 aliphatic carbocycles. The van der Waals surface area contributed by atoms with Gasteiger partial charge in [0.1, 0.15) is 0 Å². The van der Waals surface area contributed by atoms with Crippen LogP contribution in [0.25, 0.3) is 0 Å². The number of rotatable bonds is 6. The van der Waals surface area contributed by atoms with Gasteiger partial charge in [0, 0.05) is 6.04 Å². The third-order valence-electron chi connectivity index (χ3n) is 3.66. The number of aliphatic hydroxyl groups is 1. The summed E-state index contributed by atoms with van der Waals surface area (Å²) in [6.07, 6.45) is 9.12. The van der Waals surface area contributed by atoms with Gasteiger partial charge >= 0.3 is 0 Å². The van der Waals surface area contributed by atoms with Gasteiger partial charge in [-0.3, -0.25) is 0 Å². The highest BCUT2D eigenvalue weighted by atomic mass is 16.3. The van der Waals surface area contributed by atoms with Crippen molar-refractivity contribution in [3.05, 3.63) is 11.6 Å². The Balaban J connectivity index is 2.10. The highest BCUT2D eigenvalue weighted by molar-refractivity contribution is 4.93. The molecule has 0 aliphatic heterocycles. The van der Waals surface area contributed by atoms with E-state index in [2.05, 4.69) is 32.2 Å². The summed E-state index contributed by atoms with van der Waals surface area (Å²) in [6.45, 7) is 7.65. The summed E-state index contributed by atoms with van der Waals surface area (Å²) in [4.78, 5) is 0. The summed E-state index contributed by atoms with van der Waals surface area (Å²) < 4.78 is 0. The Morgan fingerprint density at radius 1 is 1.41 bits per heavy atom. The minimum atomic E-state index is -0.0449. The molecule has 0 radical (unpaired) electrons. The average Bonchev–Trinajstić information content (AvgIpc) is 2.26. The second-order valence-electron chi connectivity index (χ2n) is 5.85. The van der Waals surface area contributed by atoms with Gasteiger partial charge in [0.25, 0.3) is 0 Å². The molecule has 1 rings (SSSR count). The Hall–Kier alpha value is -0.340. The maximum Gasteiger partial charge on any atom is 0.0543 e. The van der Waals surface area contributed by atoms with E-state index in [-0.39, 0.29) is 6.10 Å². The van der Waals surface area contributed by atoms with Gasteiger partial charge in [-0.15, -0.1) is 0 Å². The highest BCUT2D eigenvalue weighted by Gasteiger charge is 2.20. The molecule has 1 fully saturated rings. The van der Waals surface area contributed by atoms with E-state index in [4.69, 9.17) is 0 Å². The van der Waals surface area contributed by atoms with Crippen LogP contribution in [0.2, 0.25) is 0 Å². The Labute approximate surface area is 106 Å². The van der Waals surface area contributed by atoms with Gasteiger partial charge in [0.05, 0.1) is 6.10 Å². The lowest BCUT2D eigenvalue weighted by atomic mass is 9.87. The van der Waals surface area contributed by atoms with Crippen molar-refractivity contribution in [2.75, 3.05) is 6.54 Å². The third-order valence-corrected chi connectivity index (χ3v) is 3.66. The predicted molar refractivity (Wildman–Crippen MR) is 74.1 cm³/mol. The zero-order valence-electron chi connectivity index (χ0n) is 11.7. The molecule has 0 unspecified atom stereocenters. The molecule has 0 aromatic carbocycles. The van der Waals surface area contributed by atoms with Gasteiger partial charge in [-0.05, 0) is 65.3 Å². The van der Waals surface area contributed by atoms with Crippen LogP contribution in [-0.4, -0.2) is 23.8 Å². The van der Waals surface area contributed by atoms with Crippen LogP contribution < -0.4 is 5.32 Å². The standard InChI is InChI=1S/C15H29NO/c1-12(2)6-4-7-13(3)16-11-14-8-5-9-15(17)10-14/h6,13-17H,4-5,7-11H2,1-3H3/t13-,14-,15+/m0/s1. The molecular weight excluding hydrogens is 210 g/mol. The SMILES string of the molecule is CC(C)=CCC[C@H](C)NC[C@H]1CCC[C@@H](O)C1. The molecular formula is C15H29NO. The van der Waals surface area contributed by atoms with Gasteiger partial charge < -0.3 is 10.4 Å². The first-order valence-corrected chi connectivity index (χ1v) is 7.12. The van der Waals surface area contributed by atoms with E-state index in [0.29, 0.717) is 12.0 Å². The molecule has 0 aromatic rings. The topological polar surface area (TPSA) is 32.3 Å². The predicted octanol–water partition coefficient (Wildman–Crippen LogP) is 3.26. The van der Waals surface area contributed by atoms with Crippen LogP contribution >= 0.6 is 0 Å². The van der Waals surface area contributed by atoms with Crippen molar-refractivity contribution in [1.29, 1.82) is 0 Å².